The van der Waals surface area contributed by atoms with E-state index in [0.29, 0.717) is 0 Å². The first kappa shape index (κ1) is 30.3. The molecular weight excluding hydrogens is 649 g/mol. The van der Waals surface area contributed by atoms with Crippen molar-refractivity contribution in [3.8, 4) is 33.5 Å². The molecule has 3 heteroatoms. The van der Waals surface area contributed by atoms with Gasteiger partial charge < -0.3 is 4.90 Å². The monoisotopic (exact) mass is 680 g/mol. The van der Waals surface area contributed by atoms with E-state index in [2.05, 4.69) is 199 Å². The minimum absolute atomic E-state index is 1.00. The maximum atomic E-state index is 5.30. The fraction of sp³-hybridized carbons (Fsp3) is 0. The Bertz CT molecular complexity index is 2880. The van der Waals surface area contributed by atoms with E-state index in [1.165, 1.54) is 58.6 Å². The summed E-state index contributed by atoms with van der Waals surface area (Å²) in [4.78, 5) is 7.64. The summed E-state index contributed by atoms with van der Waals surface area (Å²) in [5.41, 5.74) is 11.2. The van der Waals surface area contributed by atoms with E-state index in [9.17, 15) is 0 Å². The molecule has 0 atom stereocenters. The van der Waals surface area contributed by atoms with Crippen molar-refractivity contribution < 1.29 is 0 Å². The Labute approximate surface area is 306 Å². The van der Waals surface area contributed by atoms with Gasteiger partial charge in [0, 0.05) is 59.0 Å². The summed E-state index contributed by atoms with van der Waals surface area (Å²) in [5, 5.41) is 6.26. The van der Waals surface area contributed by atoms with Crippen LogP contribution in [0.1, 0.15) is 0 Å². The number of hydrogen-bond donors (Lipinski definition) is 0. The molecule has 2 heterocycles. The Kier molecular flexibility index (Phi) is 7.37. The summed E-state index contributed by atoms with van der Waals surface area (Å²) >= 11 is 1.88. The predicted octanol–water partition coefficient (Wildman–Crippen LogP) is 14.2. The van der Waals surface area contributed by atoms with Gasteiger partial charge in [-0.1, -0.05) is 146 Å². The van der Waals surface area contributed by atoms with Crippen molar-refractivity contribution in [2.24, 2.45) is 0 Å². The normalized spacial score (nSPS) is 11.5. The number of para-hydroxylation sites is 1. The van der Waals surface area contributed by atoms with Crippen molar-refractivity contribution in [1.82, 2.24) is 4.98 Å². The van der Waals surface area contributed by atoms with E-state index in [1.54, 1.807) is 0 Å². The molecule has 0 amide bonds. The number of nitrogens with zero attached hydrogens (tertiary/aromatic N) is 2. The molecule has 0 bridgehead atoms. The van der Waals surface area contributed by atoms with Gasteiger partial charge in [-0.3, -0.25) is 0 Å². The molecule has 2 nitrogen and oxygen atoms in total. The quantitative estimate of drug-likeness (QED) is 0.163. The average Bonchev–Trinajstić information content (AvgIpc) is 3.61. The van der Waals surface area contributed by atoms with Crippen molar-refractivity contribution in [3.05, 3.63) is 194 Å². The molecule has 10 rings (SSSR count). The first-order valence-corrected chi connectivity index (χ1v) is 18.4. The van der Waals surface area contributed by atoms with Crippen molar-refractivity contribution >= 4 is 70.2 Å². The molecule has 0 spiro atoms. The molecule has 0 unspecified atom stereocenters. The van der Waals surface area contributed by atoms with E-state index >= 15 is 0 Å². The third-order valence-corrected chi connectivity index (χ3v) is 11.3. The highest BCUT2D eigenvalue weighted by Crippen LogP contribution is 2.44. The van der Waals surface area contributed by atoms with Crippen LogP contribution in [0.5, 0.6) is 0 Å². The van der Waals surface area contributed by atoms with Crippen LogP contribution >= 0.6 is 11.3 Å². The highest BCUT2D eigenvalue weighted by molar-refractivity contribution is 7.26. The molecule has 10 aromatic rings. The molecule has 0 saturated carbocycles. The summed E-state index contributed by atoms with van der Waals surface area (Å²) in [5.74, 6) is 0. The van der Waals surface area contributed by atoms with Crippen LogP contribution in [0.2, 0.25) is 0 Å². The lowest BCUT2D eigenvalue weighted by Gasteiger charge is -2.26. The number of fused-ring (bicyclic) bond motifs is 7. The van der Waals surface area contributed by atoms with Crippen LogP contribution < -0.4 is 4.90 Å². The topological polar surface area (TPSA) is 16.1 Å². The van der Waals surface area contributed by atoms with Crippen molar-refractivity contribution in [2.75, 3.05) is 4.90 Å². The van der Waals surface area contributed by atoms with Crippen LogP contribution in [0.25, 0.3) is 75.4 Å². The van der Waals surface area contributed by atoms with Crippen LogP contribution in [0.4, 0.5) is 17.1 Å². The maximum absolute atomic E-state index is 5.30. The molecule has 0 N–H and O–H groups in total. The zero-order valence-electron chi connectivity index (χ0n) is 28.3. The van der Waals surface area contributed by atoms with Crippen LogP contribution in [0.3, 0.4) is 0 Å². The molecule has 2 aromatic heterocycles. The van der Waals surface area contributed by atoms with E-state index in [-0.39, 0.29) is 0 Å². The van der Waals surface area contributed by atoms with Gasteiger partial charge in [-0.25, -0.2) is 4.98 Å². The van der Waals surface area contributed by atoms with Crippen molar-refractivity contribution in [3.63, 3.8) is 0 Å². The number of rotatable bonds is 6. The van der Waals surface area contributed by atoms with Crippen LogP contribution in [-0.4, -0.2) is 4.98 Å². The van der Waals surface area contributed by atoms with Gasteiger partial charge in [0.25, 0.3) is 0 Å². The van der Waals surface area contributed by atoms with Crippen LogP contribution in [-0.2, 0) is 0 Å². The first-order valence-electron chi connectivity index (χ1n) is 17.6. The number of pyridine rings is 1. The zero-order valence-corrected chi connectivity index (χ0v) is 29.1. The Morgan fingerprint density at radius 1 is 0.365 bits per heavy atom. The lowest BCUT2D eigenvalue weighted by atomic mass is 9.98. The third kappa shape index (κ3) is 5.22. The van der Waals surface area contributed by atoms with Crippen LogP contribution in [0.15, 0.2) is 194 Å². The Morgan fingerprint density at radius 2 is 0.923 bits per heavy atom. The molecule has 0 radical (unpaired) electrons. The van der Waals surface area contributed by atoms with E-state index in [1.807, 2.05) is 11.3 Å². The summed E-state index contributed by atoms with van der Waals surface area (Å²) in [6.45, 7) is 0. The predicted molar refractivity (Wildman–Crippen MR) is 223 cm³/mol. The van der Waals surface area contributed by atoms with E-state index in [0.717, 1.165) is 33.8 Å². The SMILES string of the molecule is c1ccc(-c2ccc(N(c3ccc(-c4nc5ccccc5c5c4ccc4c6ccccc6sc45)cc3)c3cccc(-c4ccccc4)c3)cc2)cc1. The van der Waals surface area contributed by atoms with Gasteiger partial charge in [0.2, 0.25) is 0 Å². The summed E-state index contributed by atoms with van der Waals surface area (Å²) < 4.78 is 2.63. The van der Waals surface area contributed by atoms with Gasteiger partial charge in [0.1, 0.15) is 0 Å². The fourth-order valence-electron chi connectivity index (χ4n) is 7.54. The summed E-state index contributed by atoms with van der Waals surface area (Å²) in [6, 6.07) is 69.6. The molecular formula is C49H32N2S. The molecule has 244 valence electrons. The van der Waals surface area contributed by atoms with Gasteiger partial charge in [-0.15, -0.1) is 11.3 Å². The van der Waals surface area contributed by atoms with Crippen LogP contribution in [0, 0.1) is 0 Å². The summed E-state index contributed by atoms with van der Waals surface area (Å²) in [6.07, 6.45) is 0. The second kappa shape index (κ2) is 12.6. The fourth-order valence-corrected chi connectivity index (χ4v) is 8.81. The van der Waals surface area contributed by atoms with E-state index in [4.69, 9.17) is 4.98 Å². The molecule has 0 saturated heterocycles. The van der Waals surface area contributed by atoms with Gasteiger partial charge in [-0.2, -0.15) is 0 Å². The third-order valence-electron chi connectivity index (χ3n) is 10.1. The van der Waals surface area contributed by atoms with Crippen molar-refractivity contribution in [1.29, 1.82) is 0 Å². The molecule has 0 fully saturated rings. The smallest absolute Gasteiger partial charge is 0.0788 e. The second-order valence-electron chi connectivity index (χ2n) is 13.2. The Balaban J connectivity index is 1.12. The number of benzene rings is 8. The number of aromatic nitrogens is 1. The van der Waals surface area contributed by atoms with Gasteiger partial charge in [0.05, 0.1) is 11.2 Å². The standard InChI is InChI=1S/C49H32N2S/c1-3-12-33(13-4-1)35-22-26-38(27-23-35)51(40-17-11-16-37(32-40)34-14-5-2-6-15-34)39-28-24-36(25-29-39)48-44-31-30-42-41-18-8-10-21-46(41)52-49(42)47(44)43-19-7-9-20-45(43)50-48/h1-32H. The van der Waals surface area contributed by atoms with Crippen molar-refractivity contribution in [2.45, 2.75) is 0 Å². The average molecular weight is 681 g/mol. The Morgan fingerprint density at radius 3 is 1.65 bits per heavy atom. The van der Waals surface area contributed by atoms with Gasteiger partial charge in [0.15, 0.2) is 0 Å². The second-order valence-corrected chi connectivity index (χ2v) is 14.2. The lowest BCUT2D eigenvalue weighted by Crippen LogP contribution is -2.10. The van der Waals surface area contributed by atoms with Gasteiger partial charge in [-0.05, 0) is 70.8 Å². The minimum Gasteiger partial charge on any atom is -0.310 e. The largest absolute Gasteiger partial charge is 0.310 e. The molecule has 0 aliphatic heterocycles. The molecule has 0 aliphatic rings. The molecule has 8 aromatic carbocycles. The van der Waals surface area contributed by atoms with Gasteiger partial charge >= 0.3 is 0 Å². The minimum atomic E-state index is 1.00. The highest BCUT2D eigenvalue weighted by atomic mass is 32.1. The summed E-state index contributed by atoms with van der Waals surface area (Å²) in [7, 11) is 0. The number of thiophene rings is 1. The highest BCUT2D eigenvalue weighted by Gasteiger charge is 2.18. The number of hydrogen-bond acceptors (Lipinski definition) is 3. The van der Waals surface area contributed by atoms with E-state index < -0.39 is 0 Å². The lowest BCUT2D eigenvalue weighted by molar-refractivity contribution is 1.28. The molecule has 0 aliphatic carbocycles. The first-order chi connectivity index (χ1) is 25.8. The Hall–Kier alpha value is -6.55. The number of anilines is 3. The maximum Gasteiger partial charge on any atom is 0.0788 e. The zero-order chi connectivity index (χ0) is 34.4. The molecule has 52 heavy (non-hydrogen) atoms.